The van der Waals surface area contributed by atoms with E-state index in [4.69, 9.17) is 4.74 Å². The summed E-state index contributed by atoms with van der Waals surface area (Å²) in [6.45, 7) is 2.10. The van der Waals surface area contributed by atoms with Crippen molar-refractivity contribution in [1.82, 2.24) is 25.6 Å². The molecule has 0 unspecified atom stereocenters. The Morgan fingerprint density at radius 2 is 1.75 bits per heavy atom. The Morgan fingerprint density at radius 1 is 0.917 bits per heavy atom. The van der Waals surface area contributed by atoms with Crippen LogP contribution < -0.4 is 9.47 Å². The molecule has 0 aliphatic carbocycles. The van der Waals surface area contributed by atoms with E-state index in [2.05, 4.69) is 30.3 Å². The van der Waals surface area contributed by atoms with Gasteiger partial charge in [-0.15, -0.1) is 23.4 Å². The van der Waals surface area contributed by atoms with Gasteiger partial charge in [0, 0.05) is 22.7 Å². The van der Waals surface area contributed by atoms with Gasteiger partial charge in [-0.05, 0) is 52.6 Å². The summed E-state index contributed by atoms with van der Waals surface area (Å²) in [4.78, 5) is 4.50. The number of alkyl halides is 3. The number of nitrogens with zero attached hydrogens (tertiary/aromatic N) is 4. The number of fused-ring (bicyclic) bond motifs is 1. The van der Waals surface area contributed by atoms with Crippen LogP contribution in [0.2, 0.25) is 0 Å². The molecule has 3 aromatic carbocycles. The van der Waals surface area contributed by atoms with Crippen LogP contribution in [0.1, 0.15) is 18.2 Å². The second-order valence-electron chi connectivity index (χ2n) is 7.96. The van der Waals surface area contributed by atoms with Gasteiger partial charge in [0.2, 0.25) is 5.82 Å². The number of aryl methyl sites for hydroxylation is 1. The van der Waals surface area contributed by atoms with E-state index in [-0.39, 0.29) is 12.4 Å². The van der Waals surface area contributed by atoms with Gasteiger partial charge in [0.15, 0.2) is 0 Å². The fraction of sp³-hybridized carbons (Fsp3) is 0.154. The molecule has 10 heteroatoms. The highest BCUT2D eigenvalue weighted by atomic mass is 19.4. The first-order valence-electron chi connectivity index (χ1n) is 11.1. The first-order valence-corrected chi connectivity index (χ1v) is 11.1. The number of hydrogen-bond donors (Lipinski definition) is 1. The fourth-order valence-corrected chi connectivity index (χ4v) is 3.90. The lowest BCUT2D eigenvalue weighted by Gasteiger charge is -2.14. The van der Waals surface area contributed by atoms with E-state index in [1.165, 1.54) is 18.2 Å². The van der Waals surface area contributed by atoms with Crippen molar-refractivity contribution in [3.8, 4) is 34.0 Å². The standard InChI is InChI=1S/C26H20F3N5O2/c1-2-18-13-24(22-14-19(36-26(27,28)29)9-11-23(22)30-18)35-15-16-8-10-20(17-6-4-3-5-7-17)21(12-16)25-31-33-34-32-25/h3-14H,2,15H2,1H3,(H,31,32,33,34). The fourth-order valence-electron chi connectivity index (χ4n) is 3.90. The zero-order valence-electron chi connectivity index (χ0n) is 19.1. The van der Waals surface area contributed by atoms with Crippen LogP contribution in [0.25, 0.3) is 33.4 Å². The van der Waals surface area contributed by atoms with E-state index in [1.54, 1.807) is 6.07 Å². The molecule has 0 atom stereocenters. The average molecular weight is 491 g/mol. The van der Waals surface area contributed by atoms with Gasteiger partial charge in [0.25, 0.3) is 0 Å². The minimum Gasteiger partial charge on any atom is -0.488 e. The summed E-state index contributed by atoms with van der Waals surface area (Å²) in [7, 11) is 0. The number of halogens is 3. The zero-order valence-corrected chi connectivity index (χ0v) is 19.1. The number of aromatic nitrogens is 5. The first kappa shape index (κ1) is 23.3. The normalized spacial score (nSPS) is 11.6. The van der Waals surface area contributed by atoms with Gasteiger partial charge in [-0.25, -0.2) is 0 Å². The highest BCUT2D eigenvalue weighted by Gasteiger charge is 2.31. The van der Waals surface area contributed by atoms with Gasteiger partial charge in [-0.2, -0.15) is 5.21 Å². The summed E-state index contributed by atoms with van der Waals surface area (Å²) in [6, 6.07) is 21.4. The van der Waals surface area contributed by atoms with E-state index < -0.39 is 6.36 Å². The van der Waals surface area contributed by atoms with Crippen molar-refractivity contribution in [2.45, 2.75) is 26.3 Å². The Balaban J connectivity index is 1.49. The third-order valence-corrected chi connectivity index (χ3v) is 5.54. The molecular formula is C26H20F3N5O2. The van der Waals surface area contributed by atoms with Crippen molar-refractivity contribution in [3.63, 3.8) is 0 Å². The third kappa shape index (κ3) is 5.12. The van der Waals surface area contributed by atoms with Gasteiger partial charge >= 0.3 is 6.36 Å². The topological polar surface area (TPSA) is 85.8 Å². The largest absolute Gasteiger partial charge is 0.573 e. The molecule has 1 N–H and O–H groups in total. The minimum absolute atomic E-state index is 0.159. The molecular weight excluding hydrogens is 471 g/mol. The van der Waals surface area contributed by atoms with Crippen LogP contribution in [0.3, 0.4) is 0 Å². The number of nitrogens with one attached hydrogen (secondary N) is 1. The number of rotatable bonds is 7. The molecule has 0 fully saturated rings. The average Bonchev–Trinajstić information content (AvgIpc) is 3.42. The monoisotopic (exact) mass is 491 g/mol. The van der Waals surface area contributed by atoms with Crippen LogP contribution in [0, 0.1) is 0 Å². The SMILES string of the molecule is CCc1cc(OCc2ccc(-c3ccccc3)c(-c3nn[nH]n3)c2)c2cc(OC(F)(F)F)ccc2n1. The number of benzene rings is 3. The number of pyridine rings is 1. The van der Waals surface area contributed by atoms with Crippen LogP contribution >= 0.6 is 0 Å². The molecule has 0 saturated carbocycles. The maximum Gasteiger partial charge on any atom is 0.573 e. The predicted octanol–water partition coefficient (Wildman–Crippen LogP) is 6.12. The van der Waals surface area contributed by atoms with Gasteiger partial charge in [-0.1, -0.05) is 49.4 Å². The van der Waals surface area contributed by atoms with Crippen LogP contribution in [-0.2, 0) is 13.0 Å². The van der Waals surface area contributed by atoms with Gasteiger partial charge in [0.05, 0.1) is 5.52 Å². The lowest BCUT2D eigenvalue weighted by molar-refractivity contribution is -0.274. The minimum atomic E-state index is -4.79. The molecule has 5 aromatic rings. The first-order chi connectivity index (χ1) is 17.4. The van der Waals surface area contributed by atoms with Crippen LogP contribution in [0.4, 0.5) is 13.2 Å². The number of tetrazole rings is 1. The van der Waals surface area contributed by atoms with Gasteiger partial charge in [-0.3, -0.25) is 4.98 Å². The molecule has 5 rings (SSSR count). The molecule has 0 aliphatic heterocycles. The lowest BCUT2D eigenvalue weighted by atomic mass is 9.97. The highest BCUT2D eigenvalue weighted by molar-refractivity contribution is 5.86. The summed E-state index contributed by atoms with van der Waals surface area (Å²) in [5.41, 5.74) is 4.79. The van der Waals surface area contributed by atoms with E-state index in [1.807, 2.05) is 55.5 Å². The molecule has 36 heavy (non-hydrogen) atoms. The Kier molecular flexibility index (Phi) is 6.24. The molecule has 0 spiro atoms. The smallest absolute Gasteiger partial charge is 0.488 e. The zero-order chi connectivity index (χ0) is 25.1. The second kappa shape index (κ2) is 9.65. The van der Waals surface area contributed by atoms with E-state index >= 15 is 0 Å². The Morgan fingerprint density at radius 3 is 2.47 bits per heavy atom. The molecule has 0 bridgehead atoms. The summed E-state index contributed by atoms with van der Waals surface area (Å²) in [6.07, 6.45) is -4.15. The molecule has 0 radical (unpaired) electrons. The maximum absolute atomic E-state index is 12.8. The van der Waals surface area contributed by atoms with Crippen LogP contribution in [0.15, 0.2) is 72.8 Å². The molecule has 2 aromatic heterocycles. The molecule has 0 aliphatic rings. The Hall–Kier alpha value is -4.47. The van der Waals surface area contributed by atoms with E-state index in [0.717, 1.165) is 27.9 Å². The van der Waals surface area contributed by atoms with E-state index in [9.17, 15) is 13.2 Å². The van der Waals surface area contributed by atoms with Gasteiger partial charge in [0.1, 0.15) is 18.1 Å². The maximum atomic E-state index is 12.8. The van der Waals surface area contributed by atoms with Crippen molar-refractivity contribution in [2.24, 2.45) is 0 Å². The lowest BCUT2D eigenvalue weighted by Crippen LogP contribution is -2.17. The van der Waals surface area contributed by atoms with Crippen molar-refractivity contribution < 1.29 is 22.6 Å². The number of aromatic amines is 1. The Labute approximate surface area is 203 Å². The van der Waals surface area contributed by atoms with Crippen molar-refractivity contribution in [3.05, 3.63) is 84.1 Å². The molecule has 7 nitrogen and oxygen atoms in total. The summed E-state index contributed by atoms with van der Waals surface area (Å²) in [5.74, 6) is 0.516. The highest BCUT2D eigenvalue weighted by Crippen LogP contribution is 2.34. The molecule has 0 amide bonds. The van der Waals surface area contributed by atoms with Crippen LogP contribution in [0.5, 0.6) is 11.5 Å². The predicted molar refractivity (Wildman–Crippen MR) is 127 cm³/mol. The summed E-state index contributed by atoms with van der Waals surface area (Å²) >= 11 is 0. The molecule has 0 saturated heterocycles. The molecule has 182 valence electrons. The van der Waals surface area contributed by atoms with E-state index in [0.29, 0.717) is 28.9 Å². The number of H-pyrrole nitrogens is 1. The van der Waals surface area contributed by atoms with Crippen molar-refractivity contribution >= 4 is 10.9 Å². The number of ether oxygens (including phenoxy) is 2. The quantitative estimate of drug-likeness (QED) is 0.295. The van der Waals surface area contributed by atoms with Crippen molar-refractivity contribution in [2.75, 3.05) is 0 Å². The Bertz CT molecular complexity index is 1490. The summed E-state index contributed by atoms with van der Waals surface area (Å²) < 4.78 is 48.5. The second-order valence-corrected chi connectivity index (χ2v) is 7.96. The van der Waals surface area contributed by atoms with Crippen LogP contribution in [-0.4, -0.2) is 32.0 Å². The number of hydrogen-bond acceptors (Lipinski definition) is 6. The summed E-state index contributed by atoms with van der Waals surface area (Å²) in [5, 5.41) is 14.8. The van der Waals surface area contributed by atoms with Crippen molar-refractivity contribution in [1.29, 1.82) is 0 Å². The third-order valence-electron chi connectivity index (χ3n) is 5.54. The van der Waals surface area contributed by atoms with Gasteiger partial charge < -0.3 is 9.47 Å². The molecule has 2 heterocycles.